The molecule has 2 aliphatic rings. The van der Waals surface area contributed by atoms with Crippen LogP contribution in [0.1, 0.15) is 43.2 Å². The van der Waals surface area contributed by atoms with E-state index < -0.39 is 0 Å². The van der Waals surface area contributed by atoms with Gasteiger partial charge in [-0.25, -0.2) is 0 Å². The van der Waals surface area contributed by atoms with Crippen LogP contribution in [0.15, 0.2) is 12.1 Å². The fourth-order valence-corrected chi connectivity index (χ4v) is 3.66. The third kappa shape index (κ3) is 2.20. The van der Waals surface area contributed by atoms with Crippen LogP contribution in [0.4, 0.5) is 0 Å². The summed E-state index contributed by atoms with van der Waals surface area (Å²) in [5.74, 6) is 1.75. The number of phenols is 1. The summed E-state index contributed by atoms with van der Waals surface area (Å²) < 4.78 is 5.93. The van der Waals surface area contributed by atoms with Gasteiger partial charge in [0.25, 0.3) is 0 Å². The standard InChI is InChI=1S/C16H23NO2/c1-3-6-17-7-4-5-12-13(17)10-19-15-9-11(2)8-14(18)16(12)15/h8-9,12-13,18H,3-7,10H2,1-2H3. The second kappa shape index (κ2) is 5.04. The number of piperidine rings is 1. The molecule has 0 spiro atoms. The Hall–Kier alpha value is -1.22. The predicted octanol–water partition coefficient (Wildman–Crippen LogP) is 3.05. The van der Waals surface area contributed by atoms with Crippen LogP contribution in [0.2, 0.25) is 0 Å². The summed E-state index contributed by atoms with van der Waals surface area (Å²) >= 11 is 0. The third-order valence-electron chi connectivity index (χ3n) is 4.45. The van der Waals surface area contributed by atoms with Crippen LogP contribution >= 0.6 is 0 Å². The Morgan fingerprint density at radius 2 is 2.26 bits per heavy atom. The molecular weight excluding hydrogens is 238 g/mol. The Morgan fingerprint density at radius 1 is 1.42 bits per heavy atom. The van der Waals surface area contributed by atoms with Gasteiger partial charge in [0, 0.05) is 11.5 Å². The number of fused-ring (bicyclic) bond motifs is 3. The van der Waals surface area contributed by atoms with Gasteiger partial charge in [0.05, 0.1) is 6.04 Å². The number of rotatable bonds is 2. The first-order chi connectivity index (χ1) is 9.20. The SMILES string of the molecule is CCCN1CCCC2c3c(O)cc(C)cc3OCC21. The topological polar surface area (TPSA) is 32.7 Å². The molecule has 1 N–H and O–H groups in total. The van der Waals surface area contributed by atoms with E-state index in [1.54, 1.807) is 0 Å². The Kier molecular flexibility index (Phi) is 3.40. The van der Waals surface area contributed by atoms with Crippen molar-refractivity contribution in [3.8, 4) is 11.5 Å². The molecule has 1 fully saturated rings. The van der Waals surface area contributed by atoms with E-state index in [1.807, 2.05) is 13.0 Å². The van der Waals surface area contributed by atoms with E-state index in [1.165, 1.54) is 19.4 Å². The summed E-state index contributed by atoms with van der Waals surface area (Å²) in [6.45, 7) is 7.29. The van der Waals surface area contributed by atoms with Crippen molar-refractivity contribution in [2.24, 2.45) is 0 Å². The van der Waals surface area contributed by atoms with Crippen molar-refractivity contribution < 1.29 is 9.84 Å². The van der Waals surface area contributed by atoms with Crippen molar-refractivity contribution in [2.75, 3.05) is 19.7 Å². The first-order valence-electron chi connectivity index (χ1n) is 7.41. The minimum absolute atomic E-state index is 0.419. The number of likely N-dealkylation sites (tertiary alicyclic amines) is 1. The van der Waals surface area contributed by atoms with E-state index in [4.69, 9.17) is 4.74 Å². The molecule has 2 unspecified atom stereocenters. The fraction of sp³-hybridized carbons (Fsp3) is 0.625. The van der Waals surface area contributed by atoms with E-state index in [9.17, 15) is 5.11 Å². The zero-order chi connectivity index (χ0) is 13.4. The minimum Gasteiger partial charge on any atom is -0.508 e. The van der Waals surface area contributed by atoms with E-state index in [2.05, 4.69) is 17.9 Å². The quantitative estimate of drug-likeness (QED) is 0.888. The molecule has 1 aromatic rings. The Balaban J connectivity index is 1.96. The van der Waals surface area contributed by atoms with Crippen molar-refractivity contribution in [3.05, 3.63) is 23.3 Å². The number of phenolic OH excluding ortho intramolecular Hbond substituents is 1. The average Bonchev–Trinajstić information content (AvgIpc) is 2.38. The zero-order valence-corrected chi connectivity index (χ0v) is 11.9. The monoisotopic (exact) mass is 261 g/mol. The largest absolute Gasteiger partial charge is 0.508 e. The van der Waals surface area contributed by atoms with Crippen LogP contribution in [0.3, 0.4) is 0 Å². The van der Waals surface area contributed by atoms with Crippen molar-refractivity contribution in [3.63, 3.8) is 0 Å². The maximum absolute atomic E-state index is 10.3. The lowest BCUT2D eigenvalue weighted by Crippen LogP contribution is -2.49. The summed E-state index contributed by atoms with van der Waals surface area (Å²) in [5, 5.41) is 10.3. The number of benzene rings is 1. The maximum Gasteiger partial charge on any atom is 0.126 e. The highest BCUT2D eigenvalue weighted by molar-refractivity contribution is 5.51. The molecule has 0 aliphatic carbocycles. The summed E-state index contributed by atoms with van der Waals surface area (Å²) in [6, 6.07) is 4.36. The molecule has 0 radical (unpaired) electrons. The van der Waals surface area contributed by atoms with Crippen LogP contribution < -0.4 is 4.74 Å². The molecular formula is C16H23NO2. The molecule has 2 atom stereocenters. The van der Waals surface area contributed by atoms with E-state index in [-0.39, 0.29) is 0 Å². The summed E-state index contributed by atoms with van der Waals surface area (Å²) in [6.07, 6.45) is 3.56. The Morgan fingerprint density at radius 3 is 3.05 bits per heavy atom. The van der Waals surface area contributed by atoms with Crippen LogP contribution in [0.25, 0.3) is 0 Å². The maximum atomic E-state index is 10.3. The van der Waals surface area contributed by atoms with Gasteiger partial charge in [0.15, 0.2) is 0 Å². The highest BCUT2D eigenvalue weighted by atomic mass is 16.5. The summed E-state index contributed by atoms with van der Waals surface area (Å²) in [5.41, 5.74) is 2.11. The van der Waals surface area contributed by atoms with Crippen LogP contribution in [-0.2, 0) is 0 Å². The van der Waals surface area contributed by atoms with Crippen molar-refractivity contribution in [1.29, 1.82) is 0 Å². The lowest BCUT2D eigenvalue weighted by Gasteiger charge is -2.44. The smallest absolute Gasteiger partial charge is 0.126 e. The number of aryl methyl sites for hydroxylation is 1. The Bertz CT molecular complexity index is 470. The lowest BCUT2D eigenvalue weighted by molar-refractivity contribution is 0.0646. The first kappa shape index (κ1) is 12.8. The number of hydrogen-bond donors (Lipinski definition) is 1. The lowest BCUT2D eigenvalue weighted by atomic mass is 9.81. The predicted molar refractivity (Wildman–Crippen MR) is 76.0 cm³/mol. The first-order valence-corrected chi connectivity index (χ1v) is 7.41. The van der Waals surface area contributed by atoms with Crippen molar-refractivity contribution in [2.45, 2.75) is 45.1 Å². The number of hydrogen-bond acceptors (Lipinski definition) is 3. The molecule has 2 heterocycles. The van der Waals surface area contributed by atoms with Gasteiger partial charge in [-0.1, -0.05) is 6.92 Å². The molecule has 3 nitrogen and oxygen atoms in total. The van der Waals surface area contributed by atoms with E-state index in [0.29, 0.717) is 17.7 Å². The number of nitrogens with zero attached hydrogens (tertiary/aromatic N) is 1. The summed E-state index contributed by atoms with van der Waals surface area (Å²) in [4.78, 5) is 2.54. The van der Waals surface area contributed by atoms with Gasteiger partial charge in [-0.2, -0.15) is 0 Å². The van der Waals surface area contributed by atoms with Crippen LogP contribution in [0, 0.1) is 6.92 Å². The summed E-state index contributed by atoms with van der Waals surface area (Å²) in [7, 11) is 0. The van der Waals surface area contributed by atoms with Crippen molar-refractivity contribution >= 4 is 0 Å². The van der Waals surface area contributed by atoms with Gasteiger partial charge in [-0.15, -0.1) is 0 Å². The molecule has 104 valence electrons. The van der Waals surface area contributed by atoms with Crippen LogP contribution in [-0.4, -0.2) is 35.7 Å². The third-order valence-corrected chi connectivity index (χ3v) is 4.45. The molecule has 3 heteroatoms. The van der Waals surface area contributed by atoms with Crippen molar-refractivity contribution in [1.82, 2.24) is 4.90 Å². The minimum atomic E-state index is 0.419. The average molecular weight is 261 g/mol. The van der Waals surface area contributed by atoms with Gasteiger partial charge >= 0.3 is 0 Å². The fourth-order valence-electron chi connectivity index (χ4n) is 3.66. The molecule has 1 saturated heterocycles. The normalized spacial score (nSPS) is 26.4. The second-order valence-corrected chi connectivity index (χ2v) is 5.86. The zero-order valence-electron chi connectivity index (χ0n) is 11.9. The van der Waals surface area contributed by atoms with Gasteiger partial charge < -0.3 is 9.84 Å². The molecule has 2 aliphatic heterocycles. The van der Waals surface area contributed by atoms with Gasteiger partial charge in [-0.3, -0.25) is 4.90 Å². The molecule has 0 amide bonds. The molecule has 3 rings (SSSR count). The second-order valence-electron chi connectivity index (χ2n) is 5.86. The van der Waals surface area contributed by atoms with Gasteiger partial charge in [0.2, 0.25) is 0 Å². The highest BCUT2D eigenvalue weighted by Gasteiger charge is 2.38. The van der Waals surface area contributed by atoms with Crippen LogP contribution in [0.5, 0.6) is 11.5 Å². The van der Waals surface area contributed by atoms with Gasteiger partial charge in [-0.05, 0) is 57.0 Å². The number of ether oxygens (including phenoxy) is 1. The molecule has 0 bridgehead atoms. The molecule has 19 heavy (non-hydrogen) atoms. The van der Waals surface area contributed by atoms with E-state index in [0.717, 1.165) is 36.4 Å². The van der Waals surface area contributed by atoms with E-state index >= 15 is 0 Å². The highest BCUT2D eigenvalue weighted by Crippen LogP contribution is 2.45. The molecule has 1 aromatic carbocycles. The molecule has 0 aromatic heterocycles. The Labute approximate surface area is 115 Å². The number of aromatic hydroxyl groups is 1. The van der Waals surface area contributed by atoms with Gasteiger partial charge in [0.1, 0.15) is 18.1 Å². The molecule has 0 saturated carbocycles.